The van der Waals surface area contributed by atoms with Gasteiger partial charge in [-0.2, -0.15) is 5.10 Å². The summed E-state index contributed by atoms with van der Waals surface area (Å²) in [6.45, 7) is 5.62. The van der Waals surface area contributed by atoms with Crippen molar-refractivity contribution in [3.8, 4) is 23.0 Å². The van der Waals surface area contributed by atoms with Crippen LogP contribution in [0.15, 0.2) is 77.4 Å². The third kappa shape index (κ3) is 3.92. The van der Waals surface area contributed by atoms with Crippen LogP contribution in [0.5, 0.6) is 0 Å². The molecule has 1 aromatic carbocycles. The lowest BCUT2D eigenvalue weighted by atomic mass is 10.1. The molecular weight excluding hydrogens is 331 g/mol. The summed E-state index contributed by atoms with van der Waals surface area (Å²) in [5.41, 5.74) is 3.10. The Kier molecular flexibility index (Phi) is 5.34. The highest BCUT2D eigenvalue weighted by molar-refractivity contribution is 5.68. The minimum atomic E-state index is -0.320. The van der Waals surface area contributed by atoms with E-state index in [0.29, 0.717) is 23.0 Å². The topological polar surface area (TPSA) is 67.6 Å². The molecule has 0 fully saturated rings. The number of H-pyrrole nitrogens is 1. The van der Waals surface area contributed by atoms with E-state index in [1.807, 2.05) is 37.3 Å². The van der Waals surface area contributed by atoms with Crippen LogP contribution < -0.4 is 0 Å². The highest BCUT2D eigenvalue weighted by Gasteiger charge is 2.14. The predicted octanol–water partition coefficient (Wildman–Crippen LogP) is 5.21. The molecule has 6 heteroatoms. The van der Waals surface area contributed by atoms with Crippen molar-refractivity contribution in [3.05, 3.63) is 84.4 Å². The Morgan fingerprint density at radius 3 is 2.69 bits per heavy atom. The summed E-state index contributed by atoms with van der Waals surface area (Å²) in [6.07, 6.45) is 13.0. The molecule has 3 rings (SSSR count). The van der Waals surface area contributed by atoms with Crippen LogP contribution in [0.2, 0.25) is 0 Å². The molecule has 0 spiro atoms. The molecule has 0 atom stereocenters. The zero-order chi connectivity index (χ0) is 18.4. The maximum Gasteiger partial charge on any atom is 0.266 e. The van der Waals surface area contributed by atoms with Gasteiger partial charge in [-0.1, -0.05) is 43.0 Å². The van der Waals surface area contributed by atoms with Gasteiger partial charge < -0.3 is 4.42 Å². The Morgan fingerprint density at radius 2 is 1.96 bits per heavy atom. The van der Waals surface area contributed by atoms with Crippen molar-refractivity contribution >= 4 is 6.08 Å². The number of aromatic nitrogens is 4. The van der Waals surface area contributed by atoms with Crippen molar-refractivity contribution in [2.75, 3.05) is 0 Å². The molecule has 0 aliphatic carbocycles. The van der Waals surface area contributed by atoms with E-state index in [0.717, 1.165) is 11.1 Å². The number of allylic oxidation sites excluding steroid dienone is 6. The standard InChI is InChI=1S/C20H17FN4O.H2/c1-3-5-6-14(4-2)7-8-16-13-22-23-18(16)20-25-24-19(26-20)15-9-11-17(21)12-10-15;/h3-13H,1H2,2H3,(H,22,23);1H/b6-5-,8-7+,14-4+;. The zero-order valence-electron chi connectivity index (χ0n) is 14.2. The molecule has 1 N–H and O–H groups in total. The number of benzene rings is 1. The molecule has 0 aliphatic heterocycles. The van der Waals surface area contributed by atoms with Gasteiger partial charge in [0, 0.05) is 12.6 Å². The number of aromatic amines is 1. The van der Waals surface area contributed by atoms with Crippen molar-refractivity contribution in [1.29, 1.82) is 0 Å². The molecule has 3 aromatic rings. The second-order valence-corrected chi connectivity index (χ2v) is 5.34. The normalized spacial score (nSPS) is 12.3. The second-order valence-electron chi connectivity index (χ2n) is 5.34. The molecular formula is C20H19FN4O. The fourth-order valence-corrected chi connectivity index (χ4v) is 2.24. The van der Waals surface area contributed by atoms with E-state index in [9.17, 15) is 4.39 Å². The Bertz CT molecular complexity index is 984. The molecule has 0 bridgehead atoms. The lowest BCUT2D eigenvalue weighted by molar-refractivity contribution is 0.581. The molecule has 2 aromatic heterocycles. The van der Waals surface area contributed by atoms with Gasteiger partial charge in [0.15, 0.2) is 0 Å². The lowest BCUT2D eigenvalue weighted by Crippen LogP contribution is -1.81. The first-order valence-corrected chi connectivity index (χ1v) is 7.98. The summed E-state index contributed by atoms with van der Waals surface area (Å²) in [5, 5.41) is 15.0. The van der Waals surface area contributed by atoms with Crippen molar-refractivity contribution < 1.29 is 10.2 Å². The largest absolute Gasteiger partial charge is 0.415 e. The van der Waals surface area contributed by atoms with E-state index in [1.165, 1.54) is 12.1 Å². The Labute approximate surface area is 151 Å². The van der Waals surface area contributed by atoms with Gasteiger partial charge in [0.2, 0.25) is 5.89 Å². The van der Waals surface area contributed by atoms with E-state index in [1.54, 1.807) is 24.4 Å². The Morgan fingerprint density at radius 1 is 1.19 bits per heavy atom. The van der Waals surface area contributed by atoms with Crippen LogP contribution in [0.4, 0.5) is 4.39 Å². The zero-order valence-corrected chi connectivity index (χ0v) is 14.2. The molecule has 0 amide bonds. The summed E-state index contributed by atoms with van der Waals surface area (Å²) >= 11 is 0. The SMILES string of the molecule is C=C\C=C/C(/C=C/c1cn[nH]c1-c1nnc(-c2ccc(F)cc2)o1)=C\C.[HH]. The number of rotatable bonds is 6. The van der Waals surface area contributed by atoms with Crippen LogP contribution in [-0.4, -0.2) is 20.4 Å². The second kappa shape index (κ2) is 8.02. The van der Waals surface area contributed by atoms with Gasteiger partial charge >= 0.3 is 0 Å². The smallest absolute Gasteiger partial charge is 0.266 e. The summed E-state index contributed by atoms with van der Waals surface area (Å²) in [7, 11) is 0. The van der Waals surface area contributed by atoms with Gasteiger partial charge in [0.25, 0.3) is 5.89 Å². The lowest BCUT2D eigenvalue weighted by Gasteiger charge is -1.95. The van der Waals surface area contributed by atoms with Crippen LogP contribution >= 0.6 is 0 Å². The van der Waals surface area contributed by atoms with E-state index < -0.39 is 0 Å². The Hall–Kier alpha value is -3.54. The van der Waals surface area contributed by atoms with Crippen LogP contribution in [0.25, 0.3) is 29.1 Å². The van der Waals surface area contributed by atoms with Crippen LogP contribution in [0.1, 0.15) is 13.9 Å². The average Bonchev–Trinajstić information content (AvgIpc) is 3.31. The molecule has 0 unspecified atom stereocenters. The highest BCUT2D eigenvalue weighted by atomic mass is 19.1. The quantitative estimate of drug-likeness (QED) is 0.619. The van der Waals surface area contributed by atoms with Gasteiger partial charge in [-0.05, 0) is 36.8 Å². The van der Waals surface area contributed by atoms with Crippen LogP contribution in [-0.2, 0) is 0 Å². The molecule has 2 heterocycles. The molecule has 0 saturated carbocycles. The molecule has 0 saturated heterocycles. The summed E-state index contributed by atoms with van der Waals surface area (Å²) in [6, 6.07) is 5.87. The van der Waals surface area contributed by atoms with Crippen LogP contribution in [0.3, 0.4) is 0 Å². The molecule has 0 aliphatic rings. The van der Waals surface area contributed by atoms with E-state index in [4.69, 9.17) is 4.42 Å². The summed E-state index contributed by atoms with van der Waals surface area (Å²) < 4.78 is 18.7. The predicted molar refractivity (Wildman–Crippen MR) is 102 cm³/mol. The first-order valence-electron chi connectivity index (χ1n) is 7.98. The molecule has 132 valence electrons. The summed E-state index contributed by atoms with van der Waals surface area (Å²) in [4.78, 5) is 0. The minimum Gasteiger partial charge on any atom is -0.415 e. The van der Waals surface area contributed by atoms with Gasteiger partial charge in [0.05, 0.1) is 6.20 Å². The monoisotopic (exact) mass is 350 g/mol. The molecule has 0 radical (unpaired) electrons. The van der Waals surface area contributed by atoms with Gasteiger partial charge in [0.1, 0.15) is 11.5 Å². The van der Waals surface area contributed by atoms with Gasteiger partial charge in [-0.25, -0.2) is 4.39 Å². The number of hydrogen-bond acceptors (Lipinski definition) is 4. The average molecular weight is 350 g/mol. The van der Waals surface area contributed by atoms with Gasteiger partial charge in [-0.3, -0.25) is 5.10 Å². The van der Waals surface area contributed by atoms with Crippen molar-refractivity contribution in [1.82, 2.24) is 20.4 Å². The molecule has 5 nitrogen and oxygen atoms in total. The fraction of sp³-hybridized carbons (Fsp3) is 0.0500. The van der Waals surface area contributed by atoms with Crippen molar-refractivity contribution in [3.63, 3.8) is 0 Å². The fourth-order valence-electron chi connectivity index (χ4n) is 2.24. The Balaban J connectivity index is 0.00000261. The number of halogens is 1. The van der Waals surface area contributed by atoms with Crippen molar-refractivity contribution in [2.24, 2.45) is 0 Å². The summed E-state index contributed by atoms with van der Waals surface area (Å²) in [5.74, 6) is 0.303. The van der Waals surface area contributed by atoms with E-state index in [-0.39, 0.29) is 7.24 Å². The maximum absolute atomic E-state index is 13.0. The van der Waals surface area contributed by atoms with E-state index in [2.05, 4.69) is 27.0 Å². The number of nitrogens with zero attached hydrogens (tertiary/aromatic N) is 3. The highest BCUT2D eigenvalue weighted by Crippen LogP contribution is 2.25. The first-order chi connectivity index (χ1) is 12.7. The minimum absolute atomic E-state index is 0. The third-order valence-corrected chi connectivity index (χ3v) is 3.61. The number of nitrogens with one attached hydrogen (secondary N) is 1. The number of hydrogen-bond donors (Lipinski definition) is 1. The van der Waals surface area contributed by atoms with Crippen molar-refractivity contribution in [2.45, 2.75) is 6.92 Å². The van der Waals surface area contributed by atoms with E-state index >= 15 is 0 Å². The maximum atomic E-state index is 13.0. The molecule has 26 heavy (non-hydrogen) atoms. The van der Waals surface area contributed by atoms with Crippen LogP contribution in [0, 0.1) is 5.82 Å². The van der Waals surface area contributed by atoms with Gasteiger partial charge in [-0.15, -0.1) is 10.2 Å². The first kappa shape index (κ1) is 17.3. The third-order valence-electron chi connectivity index (χ3n) is 3.61.